The number of hydrogen-bond acceptors (Lipinski definition) is 5. The summed E-state index contributed by atoms with van der Waals surface area (Å²) in [4.78, 5) is 24.9. The van der Waals surface area contributed by atoms with Crippen molar-refractivity contribution in [1.29, 1.82) is 0 Å². The van der Waals surface area contributed by atoms with Gasteiger partial charge in [-0.05, 0) is 6.08 Å². The standard InChI is InChI=1S/C9H11N3O3/c1-15-6-7-5-12(3-2-4-13)9(14)11-8(7)10/h2-5H,6H2,1H3,(H2,10,11,14). The zero-order valence-corrected chi connectivity index (χ0v) is 8.21. The second kappa shape index (κ2) is 5.06. The van der Waals surface area contributed by atoms with E-state index in [2.05, 4.69) is 4.98 Å². The molecule has 0 atom stereocenters. The van der Waals surface area contributed by atoms with Gasteiger partial charge in [0.25, 0.3) is 0 Å². The number of carbonyl (C=O) groups excluding carboxylic acids is 1. The van der Waals surface area contributed by atoms with Crippen LogP contribution in [0.1, 0.15) is 5.56 Å². The van der Waals surface area contributed by atoms with Crippen molar-refractivity contribution in [2.24, 2.45) is 0 Å². The van der Waals surface area contributed by atoms with Crippen LogP contribution in [0.2, 0.25) is 0 Å². The van der Waals surface area contributed by atoms with Gasteiger partial charge in [-0.1, -0.05) is 0 Å². The molecule has 1 rings (SSSR count). The maximum Gasteiger partial charge on any atom is 0.353 e. The van der Waals surface area contributed by atoms with E-state index in [-0.39, 0.29) is 12.4 Å². The topological polar surface area (TPSA) is 87.2 Å². The Morgan fingerprint density at radius 1 is 1.67 bits per heavy atom. The molecule has 0 aliphatic heterocycles. The smallest absolute Gasteiger partial charge is 0.353 e. The van der Waals surface area contributed by atoms with E-state index in [1.807, 2.05) is 0 Å². The molecule has 0 spiro atoms. The SMILES string of the molecule is COCc1cn(C=CC=O)c(=O)nc1N. The molecule has 6 nitrogen and oxygen atoms in total. The molecule has 0 aliphatic carbocycles. The highest BCUT2D eigenvalue weighted by Crippen LogP contribution is 2.05. The highest BCUT2D eigenvalue weighted by Gasteiger charge is 2.03. The average Bonchev–Trinajstić information content (AvgIpc) is 2.20. The summed E-state index contributed by atoms with van der Waals surface area (Å²) in [6.45, 7) is 0.258. The van der Waals surface area contributed by atoms with E-state index in [1.165, 1.54) is 30.1 Å². The molecule has 0 unspecified atom stereocenters. The van der Waals surface area contributed by atoms with E-state index in [0.29, 0.717) is 11.8 Å². The van der Waals surface area contributed by atoms with Crippen molar-refractivity contribution in [2.45, 2.75) is 6.61 Å². The zero-order valence-electron chi connectivity index (χ0n) is 8.21. The van der Waals surface area contributed by atoms with Crippen molar-refractivity contribution in [1.82, 2.24) is 9.55 Å². The number of hydrogen-bond donors (Lipinski definition) is 1. The average molecular weight is 209 g/mol. The van der Waals surface area contributed by atoms with Gasteiger partial charge in [-0.2, -0.15) is 4.98 Å². The molecule has 0 radical (unpaired) electrons. The summed E-state index contributed by atoms with van der Waals surface area (Å²) in [5.74, 6) is 0.137. The minimum Gasteiger partial charge on any atom is -0.383 e. The van der Waals surface area contributed by atoms with Crippen LogP contribution in [-0.4, -0.2) is 22.9 Å². The summed E-state index contributed by atoms with van der Waals surface area (Å²) < 4.78 is 6.04. The molecule has 0 fully saturated rings. The Morgan fingerprint density at radius 2 is 2.40 bits per heavy atom. The van der Waals surface area contributed by atoms with E-state index in [9.17, 15) is 9.59 Å². The Bertz CT molecular complexity index is 437. The summed E-state index contributed by atoms with van der Waals surface area (Å²) in [6, 6.07) is 0. The van der Waals surface area contributed by atoms with Crippen LogP contribution in [0.5, 0.6) is 0 Å². The van der Waals surface area contributed by atoms with Crippen LogP contribution in [0, 0.1) is 0 Å². The Hall–Kier alpha value is -1.95. The third kappa shape index (κ3) is 2.75. The largest absolute Gasteiger partial charge is 0.383 e. The van der Waals surface area contributed by atoms with Crippen molar-refractivity contribution < 1.29 is 9.53 Å². The fourth-order valence-corrected chi connectivity index (χ4v) is 1.02. The van der Waals surface area contributed by atoms with Gasteiger partial charge in [-0.3, -0.25) is 9.36 Å². The number of aldehydes is 1. The summed E-state index contributed by atoms with van der Waals surface area (Å²) in [6.07, 6.45) is 4.55. The lowest BCUT2D eigenvalue weighted by Crippen LogP contribution is -2.21. The molecule has 0 saturated heterocycles. The minimum absolute atomic E-state index is 0.137. The second-order valence-electron chi connectivity index (χ2n) is 2.75. The molecule has 1 heterocycles. The van der Waals surface area contributed by atoms with Gasteiger partial charge in [-0.25, -0.2) is 4.79 Å². The molecule has 0 bridgehead atoms. The summed E-state index contributed by atoms with van der Waals surface area (Å²) >= 11 is 0. The van der Waals surface area contributed by atoms with Crippen molar-refractivity contribution in [3.05, 3.63) is 28.3 Å². The monoisotopic (exact) mass is 209 g/mol. The zero-order chi connectivity index (χ0) is 11.3. The molecule has 1 aromatic rings. The fraction of sp³-hybridized carbons (Fsp3) is 0.222. The van der Waals surface area contributed by atoms with Crippen LogP contribution in [0.3, 0.4) is 0 Å². The van der Waals surface area contributed by atoms with E-state index in [0.717, 1.165) is 0 Å². The number of carbonyl (C=O) groups is 1. The first kappa shape index (κ1) is 11.1. The maximum absolute atomic E-state index is 11.3. The minimum atomic E-state index is -0.537. The molecule has 0 aromatic carbocycles. The summed E-state index contributed by atoms with van der Waals surface area (Å²) in [5.41, 5.74) is 5.56. The number of allylic oxidation sites excluding steroid dienone is 1. The van der Waals surface area contributed by atoms with Crippen molar-refractivity contribution in [2.75, 3.05) is 12.8 Å². The molecule has 15 heavy (non-hydrogen) atoms. The lowest BCUT2D eigenvalue weighted by atomic mass is 10.3. The normalized spacial score (nSPS) is 10.7. The molecular weight excluding hydrogens is 198 g/mol. The highest BCUT2D eigenvalue weighted by atomic mass is 16.5. The first-order valence-electron chi connectivity index (χ1n) is 4.17. The molecule has 1 aromatic heterocycles. The van der Waals surface area contributed by atoms with Gasteiger partial charge in [0.05, 0.1) is 6.61 Å². The number of rotatable bonds is 4. The molecule has 6 heteroatoms. The Balaban J connectivity index is 3.16. The third-order valence-electron chi connectivity index (χ3n) is 1.69. The number of methoxy groups -OCH3 is 1. The first-order chi connectivity index (χ1) is 7.19. The van der Waals surface area contributed by atoms with Gasteiger partial charge in [0.15, 0.2) is 0 Å². The second-order valence-corrected chi connectivity index (χ2v) is 2.75. The van der Waals surface area contributed by atoms with Crippen molar-refractivity contribution >= 4 is 18.3 Å². The van der Waals surface area contributed by atoms with Crippen molar-refractivity contribution in [3.63, 3.8) is 0 Å². The first-order valence-corrected chi connectivity index (χ1v) is 4.17. The van der Waals surface area contributed by atoms with Crippen LogP contribution in [0.4, 0.5) is 5.82 Å². The predicted molar refractivity (Wildman–Crippen MR) is 55.0 cm³/mol. The van der Waals surface area contributed by atoms with Crippen LogP contribution in [0.15, 0.2) is 17.1 Å². The summed E-state index contributed by atoms with van der Waals surface area (Å²) in [7, 11) is 1.51. The number of aromatic nitrogens is 2. The number of nitrogen functional groups attached to an aromatic ring is 1. The predicted octanol–water partition coefficient (Wildman–Crippen LogP) is -0.358. The van der Waals surface area contributed by atoms with E-state index in [4.69, 9.17) is 10.5 Å². The molecule has 0 saturated carbocycles. The van der Waals surface area contributed by atoms with Gasteiger partial charge < -0.3 is 10.5 Å². The molecule has 0 aliphatic rings. The van der Waals surface area contributed by atoms with Gasteiger partial charge in [-0.15, -0.1) is 0 Å². The molecule has 0 amide bonds. The van der Waals surface area contributed by atoms with Gasteiger partial charge >= 0.3 is 5.69 Å². The van der Waals surface area contributed by atoms with Gasteiger partial charge in [0.1, 0.15) is 12.1 Å². The van der Waals surface area contributed by atoms with E-state index in [1.54, 1.807) is 0 Å². The van der Waals surface area contributed by atoms with Crippen molar-refractivity contribution in [3.8, 4) is 0 Å². The summed E-state index contributed by atoms with van der Waals surface area (Å²) in [5, 5.41) is 0. The third-order valence-corrected chi connectivity index (χ3v) is 1.69. The number of nitrogens with zero attached hydrogens (tertiary/aromatic N) is 2. The van der Waals surface area contributed by atoms with E-state index < -0.39 is 5.69 Å². The quantitative estimate of drug-likeness (QED) is 0.540. The molecule has 80 valence electrons. The maximum atomic E-state index is 11.3. The molecule has 2 N–H and O–H groups in total. The van der Waals surface area contributed by atoms with Crippen LogP contribution >= 0.6 is 0 Å². The Labute approximate surface area is 86.0 Å². The van der Waals surface area contributed by atoms with Gasteiger partial charge in [0.2, 0.25) is 0 Å². The number of anilines is 1. The van der Waals surface area contributed by atoms with Crippen LogP contribution in [0.25, 0.3) is 6.20 Å². The van der Waals surface area contributed by atoms with E-state index >= 15 is 0 Å². The lowest BCUT2D eigenvalue weighted by Gasteiger charge is -2.05. The molecular formula is C9H11N3O3. The number of ether oxygens (including phenoxy) is 1. The Morgan fingerprint density at radius 3 is 3.00 bits per heavy atom. The van der Waals surface area contributed by atoms with Crippen LogP contribution in [-0.2, 0) is 16.1 Å². The van der Waals surface area contributed by atoms with Gasteiger partial charge in [0, 0.05) is 25.1 Å². The Kier molecular flexibility index (Phi) is 3.75. The highest BCUT2D eigenvalue weighted by molar-refractivity contribution is 5.69. The van der Waals surface area contributed by atoms with Crippen LogP contribution < -0.4 is 11.4 Å². The lowest BCUT2D eigenvalue weighted by molar-refractivity contribution is -0.104. The number of nitrogens with two attached hydrogens (primary N) is 1. The fourth-order valence-electron chi connectivity index (χ4n) is 1.02.